The first kappa shape index (κ1) is 30.8. The molecule has 3 heteroatoms. The third kappa shape index (κ3) is 9.07. The van der Waals surface area contributed by atoms with Gasteiger partial charge >= 0.3 is 79.8 Å². The topological polar surface area (TPSA) is 0 Å². The van der Waals surface area contributed by atoms with Gasteiger partial charge in [-0.05, 0) is 17.5 Å². The largest absolute Gasteiger partial charge is 1.00 e. The molecule has 2 aliphatic carbocycles. The maximum Gasteiger partial charge on any atom is -0.0246 e. The van der Waals surface area contributed by atoms with Gasteiger partial charge in [-0.1, -0.05) is 42.0 Å². The van der Waals surface area contributed by atoms with E-state index in [1.165, 1.54) is 45.9 Å². The molecular weight excluding hydrogens is 534 g/mol. The average Bonchev–Trinajstić information content (AvgIpc) is 3.45. The summed E-state index contributed by atoms with van der Waals surface area (Å²) in [6.45, 7) is 9.18. The zero-order valence-corrected chi connectivity index (χ0v) is 24.6. The van der Waals surface area contributed by atoms with Gasteiger partial charge in [0.1, 0.15) is 0 Å². The zero-order valence-electron chi connectivity index (χ0n) is 20.7. The van der Waals surface area contributed by atoms with Gasteiger partial charge in [-0.25, -0.2) is 12.2 Å². The Hall–Kier alpha value is -1.27. The SMILES string of the molecule is CC(C)C[C](=[Zr+2])CC(C)C.[C-]1=CC=CC1.[Cl-].[Cl-].[c-]1cccc2ccc3c(c12)Cc1ccccc1-3. The maximum absolute atomic E-state index is 3.39. The summed E-state index contributed by atoms with van der Waals surface area (Å²) in [5.74, 6) is 1.71. The molecule has 34 heavy (non-hydrogen) atoms. The Morgan fingerprint density at radius 1 is 0.882 bits per heavy atom. The van der Waals surface area contributed by atoms with Crippen molar-refractivity contribution >= 4 is 14.0 Å². The van der Waals surface area contributed by atoms with Crippen LogP contribution in [0.15, 0.2) is 72.8 Å². The Kier molecular flexibility index (Phi) is 14.2. The third-order valence-corrected chi connectivity index (χ3v) is 6.52. The molecule has 0 amide bonds. The minimum absolute atomic E-state index is 0. The fourth-order valence-corrected chi connectivity index (χ4v) is 6.24. The van der Waals surface area contributed by atoms with Gasteiger partial charge in [-0.15, -0.1) is 47.0 Å². The fraction of sp³-hybridized carbons (Fsp3) is 0.323. The van der Waals surface area contributed by atoms with E-state index in [2.05, 4.69) is 94.4 Å². The fourth-order valence-electron chi connectivity index (χ4n) is 4.23. The number of allylic oxidation sites excluding steroid dienone is 4. The van der Waals surface area contributed by atoms with E-state index < -0.39 is 0 Å². The van der Waals surface area contributed by atoms with E-state index in [0.29, 0.717) is 0 Å². The van der Waals surface area contributed by atoms with Crippen LogP contribution in [-0.2, 0) is 30.7 Å². The molecule has 0 heterocycles. The molecule has 0 atom stereocenters. The van der Waals surface area contributed by atoms with Crippen molar-refractivity contribution in [3.8, 4) is 11.1 Å². The van der Waals surface area contributed by atoms with E-state index in [1.807, 2.05) is 18.2 Å². The van der Waals surface area contributed by atoms with E-state index in [0.717, 1.165) is 24.7 Å². The molecular formula is C31H34Cl2Zr-2. The molecule has 0 spiro atoms. The molecule has 0 saturated heterocycles. The van der Waals surface area contributed by atoms with Crippen molar-refractivity contribution < 1.29 is 49.0 Å². The summed E-state index contributed by atoms with van der Waals surface area (Å²) >= 11 is 1.65. The van der Waals surface area contributed by atoms with Crippen LogP contribution in [0, 0.1) is 24.0 Å². The van der Waals surface area contributed by atoms with Gasteiger partial charge in [-0.3, -0.25) is 6.08 Å². The normalized spacial score (nSPS) is 12.1. The van der Waals surface area contributed by atoms with Crippen LogP contribution in [0.2, 0.25) is 0 Å². The van der Waals surface area contributed by atoms with E-state index >= 15 is 0 Å². The molecule has 0 fully saturated rings. The molecule has 178 valence electrons. The molecule has 3 aromatic rings. The van der Waals surface area contributed by atoms with Crippen molar-refractivity contribution in [3.05, 3.63) is 96.1 Å². The second-order valence-electron chi connectivity index (χ2n) is 9.36. The number of hydrogen-bond acceptors (Lipinski definition) is 0. The Bertz CT molecular complexity index is 1090. The Morgan fingerprint density at radius 2 is 1.59 bits per heavy atom. The first-order valence-electron chi connectivity index (χ1n) is 11.7. The molecule has 0 nitrogen and oxygen atoms in total. The van der Waals surface area contributed by atoms with Gasteiger partial charge in [-0.2, -0.15) is 6.08 Å². The summed E-state index contributed by atoms with van der Waals surface area (Å²) in [6.07, 6.45) is 13.7. The molecule has 0 saturated carbocycles. The molecule has 0 aromatic heterocycles. The number of benzene rings is 3. The molecule has 0 bridgehead atoms. The summed E-state index contributed by atoms with van der Waals surface area (Å²) in [4.78, 5) is 0. The molecule has 3 aromatic carbocycles. The molecule has 0 N–H and O–H groups in total. The summed E-state index contributed by atoms with van der Waals surface area (Å²) in [5.41, 5.74) is 5.65. The quantitative estimate of drug-likeness (QED) is 0.332. The van der Waals surface area contributed by atoms with Gasteiger partial charge in [0.2, 0.25) is 0 Å². The van der Waals surface area contributed by atoms with Crippen LogP contribution in [0.5, 0.6) is 0 Å². The van der Waals surface area contributed by atoms with Crippen molar-refractivity contribution in [1.29, 1.82) is 0 Å². The van der Waals surface area contributed by atoms with Crippen molar-refractivity contribution in [3.63, 3.8) is 0 Å². The first-order valence-corrected chi connectivity index (χ1v) is 13.0. The van der Waals surface area contributed by atoms with Crippen LogP contribution < -0.4 is 24.8 Å². The van der Waals surface area contributed by atoms with Crippen LogP contribution in [0.3, 0.4) is 0 Å². The van der Waals surface area contributed by atoms with E-state index in [1.54, 1.807) is 27.4 Å². The van der Waals surface area contributed by atoms with Crippen molar-refractivity contribution in [2.24, 2.45) is 11.8 Å². The van der Waals surface area contributed by atoms with Gasteiger partial charge in [0, 0.05) is 0 Å². The average molecular weight is 569 g/mol. The zero-order chi connectivity index (χ0) is 22.9. The number of halogens is 2. The van der Waals surface area contributed by atoms with Crippen LogP contribution in [0.1, 0.15) is 58.1 Å². The monoisotopic (exact) mass is 566 g/mol. The van der Waals surface area contributed by atoms with Gasteiger partial charge in [0.15, 0.2) is 0 Å². The molecule has 0 aliphatic heterocycles. The van der Waals surface area contributed by atoms with Crippen LogP contribution in [0.4, 0.5) is 0 Å². The summed E-state index contributed by atoms with van der Waals surface area (Å²) in [5, 5.41) is 2.57. The summed E-state index contributed by atoms with van der Waals surface area (Å²) < 4.78 is 1.75. The first-order chi connectivity index (χ1) is 15.5. The van der Waals surface area contributed by atoms with Gasteiger partial charge in [0.05, 0.1) is 0 Å². The molecule has 2 aliphatic rings. The molecule has 0 radical (unpaired) electrons. The minimum Gasteiger partial charge on any atom is -1.00 e. The summed E-state index contributed by atoms with van der Waals surface area (Å²) in [7, 11) is 0. The second-order valence-corrected chi connectivity index (χ2v) is 11.1. The molecule has 5 rings (SSSR count). The Balaban J connectivity index is 0.000000293. The van der Waals surface area contributed by atoms with Crippen LogP contribution in [-0.4, -0.2) is 3.21 Å². The van der Waals surface area contributed by atoms with Crippen molar-refractivity contribution in [2.75, 3.05) is 0 Å². The van der Waals surface area contributed by atoms with E-state index in [4.69, 9.17) is 0 Å². The molecule has 0 unspecified atom stereocenters. The predicted molar refractivity (Wildman–Crippen MR) is 137 cm³/mol. The van der Waals surface area contributed by atoms with Crippen molar-refractivity contribution in [1.82, 2.24) is 0 Å². The smallest absolute Gasteiger partial charge is 0.0246 e. The van der Waals surface area contributed by atoms with Gasteiger partial charge < -0.3 is 24.8 Å². The predicted octanol–water partition coefficient (Wildman–Crippen LogP) is 2.32. The van der Waals surface area contributed by atoms with E-state index in [9.17, 15) is 0 Å². The van der Waals surface area contributed by atoms with E-state index in [-0.39, 0.29) is 24.8 Å². The van der Waals surface area contributed by atoms with Crippen LogP contribution >= 0.6 is 0 Å². The summed E-state index contributed by atoms with van der Waals surface area (Å²) in [6, 6.07) is 22.7. The van der Waals surface area contributed by atoms with Gasteiger partial charge in [0.25, 0.3) is 0 Å². The Labute approximate surface area is 234 Å². The number of rotatable bonds is 4. The second kappa shape index (κ2) is 15.7. The standard InChI is InChI=1S/C17H11.C9H18.C5H5.2ClH.Zr/c1-3-7-14-12(5-1)9-10-16-15-8-4-2-6-13(15)11-17(14)16;1-8(2)6-5-7-9(3)4;1-2-4-5-3-1;;;/h1-6,8-10H,11H2;8-9H,6-7H2,1-4H3;1-3H,4H2;2*1H;/q-1;;-1;;;+2/p-2. The third-order valence-electron chi connectivity index (χ3n) is 5.51. The minimum atomic E-state index is 0. The number of hydrogen-bond donors (Lipinski definition) is 0. The van der Waals surface area contributed by atoms with Crippen LogP contribution in [0.25, 0.3) is 21.9 Å². The van der Waals surface area contributed by atoms with Crippen molar-refractivity contribution in [2.45, 2.75) is 53.4 Å². The Morgan fingerprint density at radius 3 is 2.18 bits per heavy atom. The maximum atomic E-state index is 3.39. The number of fused-ring (bicyclic) bond motifs is 5.